The molecular formula is C18H15F3N4O4. The van der Waals surface area contributed by atoms with Gasteiger partial charge in [-0.15, -0.1) is 0 Å². The molecule has 1 aliphatic rings. The van der Waals surface area contributed by atoms with Crippen molar-refractivity contribution in [2.45, 2.75) is 31.3 Å². The number of halogens is 3. The van der Waals surface area contributed by atoms with Gasteiger partial charge in [-0.05, 0) is 31.0 Å². The lowest BCUT2D eigenvalue weighted by molar-refractivity contribution is -0.137. The molecule has 0 aliphatic carbocycles. The summed E-state index contributed by atoms with van der Waals surface area (Å²) in [7, 11) is 0. The monoisotopic (exact) mass is 408 g/mol. The second-order valence-electron chi connectivity index (χ2n) is 6.52. The standard InChI is InChI=1S/C18H15F3N4O4/c19-18(20,21)11-3-1-2-10(6-11)17(27)28-7-12-4-5-13(29-12)25-9-24-14-15(25)22-8-23-16(14)26/h1-3,6,8-9,12-13H,4-5,7H2,(H,22,23,26)/t12-,13+/m0/s1. The molecule has 1 fully saturated rings. The fourth-order valence-electron chi connectivity index (χ4n) is 3.16. The predicted molar refractivity (Wildman–Crippen MR) is 93.0 cm³/mol. The van der Waals surface area contributed by atoms with Gasteiger partial charge < -0.3 is 14.5 Å². The summed E-state index contributed by atoms with van der Waals surface area (Å²) < 4.78 is 50.9. The van der Waals surface area contributed by atoms with Crippen molar-refractivity contribution in [1.29, 1.82) is 0 Å². The number of benzene rings is 1. The minimum Gasteiger partial charge on any atom is -0.459 e. The molecule has 1 aromatic carbocycles. The number of fused-ring (bicyclic) bond motifs is 1. The molecule has 11 heteroatoms. The summed E-state index contributed by atoms with van der Waals surface area (Å²) in [4.78, 5) is 34.4. The Bertz CT molecular complexity index is 1110. The van der Waals surface area contributed by atoms with Crippen molar-refractivity contribution in [3.63, 3.8) is 0 Å². The van der Waals surface area contributed by atoms with E-state index in [1.807, 2.05) is 0 Å². The second kappa shape index (κ2) is 7.32. The van der Waals surface area contributed by atoms with Crippen molar-refractivity contribution in [3.8, 4) is 0 Å². The Morgan fingerprint density at radius 2 is 2.14 bits per heavy atom. The molecule has 1 aliphatic heterocycles. The van der Waals surface area contributed by atoms with E-state index in [2.05, 4.69) is 15.0 Å². The largest absolute Gasteiger partial charge is 0.459 e. The summed E-state index contributed by atoms with van der Waals surface area (Å²) in [5.74, 6) is -0.857. The van der Waals surface area contributed by atoms with E-state index in [4.69, 9.17) is 9.47 Å². The minimum absolute atomic E-state index is 0.105. The van der Waals surface area contributed by atoms with E-state index in [-0.39, 0.29) is 23.2 Å². The van der Waals surface area contributed by atoms with Gasteiger partial charge in [0, 0.05) is 0 Å². The van der Waals surface area contributed by atoms with Crippen molar-refractivity contribution in [1.82, 2.24) is 19.5 Å². The first-order valence-electron chi connectivity index (χ1n) is 8.73. The first-order chi connectivity index (χ1) is 13.8. The number of rotatable bonds is 4. The van der Waals surface area contributed by atoms with Crippen LogP contribution in [-0.4, -0.2) is 38.2 Å². The Hall–Kier alpha value is -3.21. The zero-order valence-corrected chi connectivity index (χ0v) is 14.8. The molecular weight excluding hydrogens is 393 g/mol. The highest BCUT2D eigenvalue weighted by Gasteiger charge is 2.32. The van der Waals surface area contributed by atoms with Gasteiger partial charge >= 0.3 is 12.1 Å². The molecule has 0 saturated carbocycles. The van der Waals surface area contributed by atoms with Crippen LogP contribution >= 0.6 is 0 Å². The molecule has 2 aromatic heterocycles. The zero-order chi connectivity index (χ0) is 20.6. The summed E-state index contributed by atoms with van der Waals surface area (Å²) in [5.41, 5.74) is -0.897. The number of nitrogens with one attached hydrogen (secondary N) is 1. The topological polar surface area (TPSA) is 99.1 Å². The number of carbonyl (C=O) groups excluding carboxylic acids is 1. The third-order valence-electron chi connectivity index (χ3n) is 4.59. The predicted octanol–water partition coefficient (Wildman–Crippen LogP) is 2.67. The summed E-state index contributed by atoms with van der Waals surface area (Å²) in [6.07, 6.45) is -1.56. The van der Waals surface area contributed by atoms with Crippen LogP contribution in [0.25, 0.3) is 11.2 Å². The number of imidazole rings is 1. The van der Waals surface area contributed by atoms with Crippen molar-refractivity contribution in [2.75, 3.05) is 6.61 Å². The van der Waals surface area contributed by atoms with Gasteiger partial charge in [-0.25, -0.2) is 14.8 Å². The highest BCUT2D eigenvalue weighted by molar-refractivity contribution is 5.89. The molecule has 3 heterocycles. The third kappa shape index (κ3) is 3.86. The molecule has 0 bridgehead atoms. The Morgan fingerprint density at radius 3 is 2.93 bits per heavy atom. The maximum absolute atomic E-state index is 12.8. The molecule has 0 unspecified atom stereocenters. The number of hydrogen-bond donors (Lipinski definition) is 1. The van der Waals surface area contributed by atoms with Gasteiger partial charge in [-0.2, -0.15) is 13.2 Å². The molecule has 152 valence electrons. The van der Waals surface area contributed by atoms with Crippen LogP contribution in [0.3, 0.4) is 0 Å². The Kier molecular flexibility index (Phi) is 4.82. The highest BCUT2D eigenvalue weighted by Crippen LogP contribution is 2.31. The average molecular weight is 408 g/mol. The lowest BCUT2D eigenvalue weighted by atomic mass is 10.1. The number of hydrogen-bond acceptors (Lipinski definition) is 6. The molecule has 3 aromatic rings. The number of alkyl halides is 3. The maximum Gasteiger partial charge on any atom is 0.416 e. The molecule has 0 radical (unpaired) electrons. The first-order valence-corrected chi connectivity index (χ1v) is 8.73. The lowest BCUT2D eigenvalue weighted by Gasteiger charge is -2.15. The van der Waals surface area contributed by atoms with Crippen molar-refractivity contribution in [2.24, 2.45) is 0 Å². The maximum atomic E-state index is 12.8. The first kappa shape index (κ1) is 19.1. The van der Waals surface area contributed by atoms with E-state index in [0.29, 0.717) is 18.5 Å². The molecule has 1 N–H and O–H groups in total. The van der Waals surface area contributed by atoms with E-state index in [9.17, 15) is 22.8 Å². The van der Waals surface area contributed by atoms with Gasteiger partial charge in [0.2, 0.25) is 0 Å². The summed E-state index contributed by atoms with van der Waals surface area (Å²) >= 11 is 0. The second-order valence-corrected chi connectivity index (χ2v) is 6.52. The van der Waals surface area contributed by atoms with Gasteiger partial charge in [-0.3, -0.25) is 9.36 Å². The number of nitrogens with zero attached hydrogens (tertiary/aromatic N) is 3. The molecule has 0 amide bonds. The van der Waals surface area contributed by atoms with Gasteiger partial charge in [0.1, 0.15) is 12.8 Å². The normalized spacial score (nSPS) is 19.6. The Labute approximate surface area is 161 Å². The van der Waals surface area contributed by atoms with Crippen LogP contribution in [0, 0.1) is 0 Å². The number of carbonyl (C=O) groups is 1. The van der Waals surface area contributed by atoms with E-state index in [1.165, 1.54) is 18.7 Å². The van der Waals surface area contributed by atoms with Crippen LogP contribution in [0.15, 0.2) is 41.7 Å². The number of aromatic amines is 1. The third-order valence-corrected chi connectivity index (χ3v) is 4.59. The van der Waals surface area contributed by atoms with Crippen LogP contribution in [0.5, 0.6) is 0 Å². The molecule has 1 saturated heterocycles. The van der Waals surface area contributed by atoms with Gasteiger partial charge in [-0.1, -0.05) is 6.07 Å². The smallest absolute Gasteiger partial charge is 0.416 e. The Balaban J connectivity index is 1.39. The van der Waals surface area contributed by atoms with Crippen LogP contribution in [0.4, 0.5) is 13.2 Å². The highest BCUT2D eigenvalue weighted by atomic mass is 19.4. The molecule has 2 atom stereocenters. The summed E-state index contributed by atoms with van der Waals surface area (Å²) in [5, 5.41) is 0. The van der Waals surface area contributed by atoms with Crippen LogP contribution in [0.2, 0.25) is 0 Å². The Morgan fingerprint density at radius 1 is 1.31 bits per heavy atom. The fraction of sp³-hybridized carbons (Fsp3) is 0.333. The van der Waals surface area contributed by atoms with Gasteiger partial charge in [0.25, 0.3) is 5.56 Å². The average Bonchev–Trinajstić information content (AvgIpc) is 3.33. The van der Waals surface area contributed by atoms with Crippen molar-refractivity contribution < 1.29 is 27.4 Å². The van der Waals surface area contributed by atoms with E-state index in [0.717, 1.165) is 18.2 Å². The van der Waals surface area contributed by atoms with Crippen LogP contribution in [0.1, 0.15) is 35.0 Å². The van der Waals surface area contributed by atoms with Crippen LogP contribution < -0.4 is 5.56 Å². The number of H-pyrrole nitrogens is 1. The fourth-order valence-corrected chi connectivity index (χ4v) is 3.16. The summed E-state index contributed by atoms with van der Waals surface area (Å²) in [6.45, 7) is -0.105. The molecule has 0 spiro atoms. The molecule has 29 heavy (non-hydrogen) atoms. The van der Waals surface area contributed by atoms with Crippen LogP contribution in [-0.2, 0) is 15.7 Å². The van der Waals surface area contributed by atoms with Gasteiger partial charge in [0.05, 0.1) is 29.9 Å². The van der Waals surface area contributed by atoms with Crippen molar-refractivity contribution >= 4 is 17.1 Å². The SMILES string of the molecule is O=C(OC[C@@H]1CC[C@H](n2cnc3c(=O)[nH]cnc32)O1)c1cccc(C(F)(F)F)c1. The number of esters is 1. The number of aromatic nitrogens is 4. The number of ether oxygens (including phenoxy) is 2. The lowest BCUT2D eigenvalue weighted by Crippen LogP contribution is -2.20. The van der Waals surface area contributed by atoms with Gasteiger partial charge in [0.15, 0.2) is 11.2 Å². The molecule has 4 rings (SSSR count). The zero-order valence-electron chi connectivity index (χ0n) is 14.8. The quantitative estimate of drug-likeness (QED) is 0.667. The van der Waals surface area contributed by atoms with E-state index < -0.39 is 30.0 Å². The minimum atomic E-state index is -4.54. The molecule has 8 nitrogen and oxygen atoms in total. The van der Waals surface area contributed by atoms with Crippen molar-refractivity contribution in [3.05, 3.63) is 58.4 Å². The summed E-state index contributed by atoms with van der Waals surface area (Å²) in [6, 6.07) is 4.05. The van der Waals surface area contributed by atoms with E-state index in [1.54, 1.807) is 4.57 Å². The van der Waals surface area contributed by atoms with E-state index >= 15 is 0 Å².